The molecule has 0 saturated heterocycles. The van der Waals surface area contributed by atoms with Gasteiger partial charge in [0.15, 0.2) is 0 Å². The molecule has 0 radical (unpaired) electrons. The highest BCUT2D eigenvalue weighted by atomic mass is 16.5. The quantitative estimate of drug-likeness (QED) is 0.830. The summed E-state index contributed by atoms with van der Waals surface area (Å²) in [5, 5.41) is 3.26. The number of carbonyl (C=O) groups is 2. The summed E-state index contributed by atoms with van der Waals surface area (Å²) in [7, 11) is 4.95. The number of nitrogens with one attached hydrogen (secondary N) is 1. The molecule has 0 aliphatic carbocycles. The molecule has 0 atom stereocenters. The zero-order chi connectivity index (χ0) is 16.1. The molecule has 1 aromatic carbocycles. The third kappa shape index (κ3) is 3.84. The van der Waals surface area contributed by atoms with E-state index >= 15 is 0 Å². The summed E-state index contributed by atoms with van der Waals surface area (Å²) in [6.45, 7) is 2.48. The Morgan fingerprint density at radius 1 is 1.23 bits per heavy atom. The SMILES string of the molecule is COCCN(CC(=O)N(C)C)C(=O)c1ccc2c(c1)CNC2. The van der Waals surface area contributed by atoms with Crippen LogP contribution in [-0.4, -0.2) is 62.5 Å². The Morgan fingerprint density at radius 3 is 2.64 bits per heavy atom. The van der Waals surface area contributed by atoms with Gasteiger partial charge in [0.25, 0.3) is 5.91 Å². The second-order valence-corrected chi connectivity index (χ2v) is 5.59. The lowest BCUT2D eigenvalue weighted by Gasteiger charge is -2.24. The van der Waals surface area contributed by atoms with Crippen molar-refractivity contribution < 1.29 is 14.3 Å². The van der Waals surface area contributed by atoms with Gasteiger partial charge in [-0.1, -0.05) is 6.07 Å². The Morgan fingerprint density at radius 2 is 1.95 bits per heavy atom. The molecule has 120 valence electrons. The second kappa shape index (κ2) is 7.38. The monoisotopic (exact) mass is 305 g/mol. The smallest absolute Gasteiger partial charge is 0.254 e. The van der Waals surface area contributed by atoms with Crippen molar-refractivity contribution in [2.24, 2.45) is 0 Å². The molecule has 6 nitrogen and oxygen atoms in total. The fraction of sp³-hybridized carbons (Fsp3) is 0.500. The molecule has 1 aliphatic rings. The number of likely N-dealkylation sites (N-methyl/N-ethyl adjacent to an activating group) is 1. The first kappa shape index (κ1) is 16.5. The van der Waals surface area contributed by atoms with Gasteiger partial charge in [-0.2, -0.15) is 0 Å². The predicted molar refractivity (Wildman–Crippen MR) is 83.5 cm³/mol. The maximum Gasteiger partial charge on any atom is 0.254 e. The van der Waals surface area contributed by atoms with Gasteiger partial charge in [-0.25, -0.2) is 0 Å². The van der Waals surface area contributed by atoms with Crippen LogP contribution < -0.4 is 5.32 Å². The van der Waals surface area contributed by atoms with Crippen LogP contribution in [0.15, 0.2) is 18.2 Å². The lowest BCUT2D eigenvalue weighted by molar-refractivity contribution is -0.129. The van der Waals surface area contributed by atoms with E-state index in [0.717, 1.165) is 18.7 Å². The summed E-state index contributed by atoms with van der Waals surface area (Å²) in [5.74, 6) is -0.241. The van der Waals surface area contributed by atoms with Gasteiger partial charge in [-0.05, 0) is 23.3 Å². The fourth-order valence-corrected chi connectivity index (χ4v) is 2.37. The summed E-state index contributed by atoms with van der Waals surface area (Å²) in [5.41, 5.74) is 2.99. The summed E-state index contributed by atoms with van der Waals surface area (Å²) >= 11 is 0. The standard InChI is InChI=1S/C16H23N3O3/c1-18(2)15(20)11-19(6-7-22-3)16(21)12-4-5-13-9-17-10-14(13)8-12/h4-5,8,17H,6-7,9-11H2,1-3H3. The van der Waals surface area contributed by atoms with Crippen LogP contribution >= 0.6 is 0 Å². The molecule has 6 heteroatoms. The molecule has 1 aliphatic heterocycles. The molecule has 2 rings (SSSR count). The lowest BCUT2D eigenvalue weighted by Crippen LogP contribution is -2.41. The molecular formula is C16H23N3O3. The van der Waals surface area contributed by atoms with E-state index in [1.165, 1.54) is 15.4 Å². The van der Waals surface area contributed by atoms with Crippen LogP contribution in [0.25, 0.3) is 0 Å². The highest BCUT2D eigenvalue weighted by Crippen LogP contribution is 2.18. The summed E-state index contributed by atoms with van der Waals surface area (Å²) in [6.07, 6.45) is 0. The normalized spacial score (nSPS) is 12.9. The molecule has 0 bridgehead atoms. The van der Waals surface area contributed by atoms with E-state index < -0.39 is 0 Å². The van der Waals surface area contributed by atoms with Crippen molar-refractivity contribution in [1.82, 2.24) is 15.1 Å². The number of fused-ring (bicyclic) bond motifs is 1. The van der Waals surface area contributed by atoms with E-state index in [1.807, 2.05) is 18.2 Å². The topological polar surface area (TPSA) is 61.9 Å². The van der Waals surface area contributed by atoms with Gasteiger partial charge in [0.05, 0.1) is 6.61 Å². The number of amides is 2. The number of hydrogen-bond donors (Lipinski definition) is 1. The lowest BCUT2D eigenvalue weighted by atomic mass is 10.1. The molecule has 1 N–H and O–H groups in total. The van der Waals surface area contributed by atoms with E-state index in [-0.39, 0.29) is 18.4 Å². The Bertz CT molecular complexity index is 558. The van der Waals surface area contributed by atoms with Gasteiger partial charge in [0.2, 0.25) is 5.91 Å². The van der Waals surface area contributed by atoms with Crippen LogP contribution in [0.5, 0.6) is 0 Å². The highest BCUT2D eigenvalue weighted by molar-refractivity contribution is 5.96. The minimum absolute atomic E-state index is 0.0600. The maximum absolute atomic E-state index is 12.7. The average molecular weight is 305 g/mol. The van der Waals surface area contributed by atoms with E-state index in [2.05, 4.69) is 5.32 Å². The first-order chi connectivity index (χ1) is 10.5. The van der Waals surface area contributed by atoms with Crippen LogP contribution in [0.3, 0.4) is 0 Å². The molecule has 0 spiro atoms. The van der Waals surface area contributed by atoms with E-state index in [0.29, 0.717) is 18.7 Å². The van der Waals surface area contributed by atoms with Gasteiger partial charge >= 0.3 is 0 Å². The van der Waals surface area contributed by atoms with Crippen LogP contribution in [0.2, 0.25) is 0 Å². The Hall–Kier alpha value is -1.92. The number of ether oxygens (including phenoxy) is 1. The van der Waals surface area contributed by atoms with Crippen molar-refractivity contribution in [1.29, 1.82) is 0 Å². The van der Waals surface area contributed by atoms with Crippen molar-refractivity contribution in [2.75, 3.05) is 40.9 Å². The molecule has 1 heterocycles. The highest BCUT2D eigenvalue weighted by Gasteiger charge is 2.21. The van der Waals surface area contributed by atoms with E-state index in [1.54, 1.807) is 21.2 Å². The van der Waals surface area contributed by atoms with E-state index in [9.17, 15) is 9.59 Å². The van der Waals surface area contributed by atoms with Gasteiger partial charge < -0.3 is 19.9 Å². The molecule has 0 unspecified atom stereocenters. The zero-order valence-corrected chi connectivity index (χ0v) is 13.4. The minimum atomic E-state index is -0.137. The molecule has 0 saturated carbocycles. The summed E-state index contributed by atoms with van der Waals surface area (Å²) in [4.78, 5) is 27.6. The van der Waals surface area contributed by atoms with Crippen molar-refractivity contribution in [2.45, 2.75) is 13.1 Å². The van der Waals surface area contributed by atoms with Crippen LogP contribution in [0, 0.1) is 0 Å². The molecular weight excluding hydrogens is 282 g/mol. The molecule has 2 amide bonds. The Kier molecular flexibility index (Phi) is 5.51. The van der Waals surface area contributed by atoms with Gasteiger partial charge in [-0.15, -0.1) is 0 Å². The molecule has 22 heavy (non-hydrogen) atoms. The molecule has 1 aromatic rings. The van der Waals surface area contributed by atoms with Gasteiger partial charge in [0, 0.05) is 46.4 Å². The van der Waals surface area contributed by atoms with Crippen LogP contribution in [-0.2, 0) is 22.6 Å². The van der Waals surface area contributed by atoms with Crippen LogP contribution in [0.4, 0.5) is 0 Å². The maximum atomic E-state index is 12.7. The van der Waals surface area contributed by atoms with Crippen molar-refractivity contribution in [3.63, 3.8) is 0 Å². The second-order valence-electron chi connectivity index (χ2n) is 5.59. The van der Waals surface area contributed by atoms with E-state index in [4.69, 9.17) is 4.74 Å². The number of hydrogen-bond acceptors (Lipinski definition) is 4. The van der Waals surface area contributed by atoms with Crippen molar-refractivity contribution in [3.05, 3.63) is 34.9 Å². The van der Waals surface area contributed by atoms with Gasteiger partial charge in [-0.3, -0.25) is 9.59 Å². The Labute approximate surface area is 131 Å². The third-order valence-corrected chi connectivity index (χ3v) is 3.76. The first-order valence-corrected chi connectivity index (χ1v) is 7.34. The largest absolute Gasteiger partial charge is 0.383 e. The molecule has 0 aromatic heterocycles. The number of rotatable bonds is 6. The number of methoxy groups -OCH3 is 1. The number of nitrogens with zero attached hydrogens (tertiary/aromatic N) is 2. The van der Waals surface area contributed by atoms with Gasteiger partial charge in [0.1, 0.15) is 6.54 Å². The number of carbonyl (C=O) groups excluding carboxylic acids is 2. The number of benzene rings is 1. The third-order valence-electron chi connectivity index (χ3n) is 3.76. The zero-order valence-electron chi connectivity index (χ0n) is 13.4. The predicted octanol–water partition coefficient (Wildman–Crippen LogP) is 0.467. The summed E-state index contributed by atoms with van der Waals surface area (Å²) in [6, 6.07) is 5.72. The molecule has 0 fully saturated rings. The fourth-order valence-electron chi connectivity index (χ4n) is 2.37. The minimum Gasteiger partial charge on any atom is -0.383 e. The average Bonchev–Trinajstić information content (AvgIpc) is 2.97. The van der Waals surface area contributed by atoms with Crippen LogP contribution in [0.1, 0.15) is 21.5 Å². The van der Waals surface area contributed by atoms with Crippen molar-refractivity contribution >= 4 is 11.8 Å². The first-order valence-electron chi connectivity index (χ1n) is 7.34. The Balaban J connectivity index is 2.15. The van der Waals surface area contributed by atoms with Crippen molar-refractivity contribution in [3.8, 4) is 0 Å². The summed E-state index contributed by atoms with van der Waals surface area (Å²) < 4.78 is 5.05.